The molecule has 0 aromatic carbocycles. The molecule has 0 unspecified atom stereocenters. The lowest BCUT2D eigenvalue weighted by Crippen LogP contribution is -2.43. The topological polar surface area (TPSA) is 35.4 Å². The minimum atomic E-state index is 0.144. The van der Waals surface area contributed by atoms with Crippen molar-refractivity contribution in [2.45, 2.75) is 18.4 Å². The third kappa shape index (κ3) is 1.05. The van der Waals surface area contributed by atoms with E-state index in [2.05, 4.69) is 10.6 Å². The van der Waals surface area contributed by atoms with Gasteiger partial charge in [-0.15, -0.1) is 0 Å². The first-order chi connectivity index (χ1) is 4.91. The van der Waals surface area contributed by atoms with Crippen molar-refractivity contribution >= 4 is 0 Å². The quantitative estimate of drug-likeness (QED) is 0.502. The highest BCUT2D eigenvalue weighted by atomic mass is 16.5. The molecule has 2 heterocycles. The van der Waals surface area contributed by atoms with Gasteiger partial charge < -0.3 is 10.1 Å². The molecule has 0 atom stereocenters. The van der Waals surface area contributed by atoms with E-state index in [9.17, 15) is 0 Å². The van der Waals surface area contributed by atoms with Gasteiger partial charge in [-0.25, -0.2) is 5.32 Å². The predicted octanol–water partition coefficient (Wildman–Crippen LogP) is -0.299. The van der Waals surface area contributed by atoms with Gasteiger partial charge in [0.1, 0.15) is 6.73 Å². The molecule has 2 saturated heterocycles. The van der Waals surface area contributed by atoms with Crippen molar-refractivity contribution in [1.29, 1.82) is 0 Å². The molecule has 0 bridgehead atoms. The Morgan fingerprint density at radius 1 is 1.30 bits per heavy atom. The van der Waals surface area contributed by atoms with Crippen LogP contribution in [0.5, 0.6) is 0 Å². The molecule has 2 aliphatic heterocycles. The predicted molar refractivity (Wildman–Crippen MR) is 37.8 cm³/mol. The number of nitrogens with one attached hydrogen (secondary N) is 1. The van der Waals surface area contributed by atoms with Crippen LogP contribution < -0.4 is 10.6 Å². The minimum Gasteiger partial charge on any atom is -0.357 e. The van der Waals surface area contributed by atoms with Crippen molar-refractivity contribution in [3.63, 3.8) is 0 Å². The SMILES string of the molecule is C1CC2(CCN1)C[N]CO2. The van der Waals surface area contributed by atoms with Gasteiger partial charge in [0.05, 0.1) is 5.60 Å². The first-order valence-electron chi connectivity index (χ1n) is 3.89. The van der Waals surface area contributed by atoms with E-state index in [0.717, 1.165) is 32.5 Å². The van der Waals surface area contributed by atoms with Crippen LogP contribution in [0.1, 0.15) is 12.8 Å². The maximum Gasteiger partial charge on any atom is 0.113 e. The van der Waals surface area contributed by atoms with Crippen molar-refractivity contribution in [3.05, 3.63) is 0 Å². The van der Waals surface area contributed by atoms with E-state index >= 15 is 0 Å². The summed E-state index contributed by atoms with van der Waals surface area (Å²) in [5, 5.41) is 7.52. The minimum absolute atomic E-state index is 0.144. The van der Waals surface area contributed by atoms with Gasteiger partial charge in [0, 0.05) is 6.54 Å². The number of hydrogen-bond donors (Lipinski definition) is 1. The van der Waals surface area contributed by atoms with E-state index in [1.54, 1.807) is 0 Å². The molecule has 2 fully saturated rings. The zero-order valence-corrected chi connectivity index (χ0v) is 6.10. The second kappa shape index (κ2) is 2.49. The van der Waals surface area contributed by atoms with Crippen LogP contribution in [0.3, 0.4) is 0 Å². The van der Waals surface area contributed by atoms with Crippen molar-refractivity contribution in [2.75, 3.05) is 26.4 Å². The number of nitrogens with zero attached hydrogens (tertiary/aromatic N) is 1. The molecule has 2 rings (SSSR count). The van der Waals surface area contributed by atoms with Gasteiger partial charge in [0.15, 0.2) is 0 Å². The van der Waals surface area contributed by atoms with E-state index < -0.39 is 0 Å². The number of ether oxygens (including phenoxy) is 1. The van der Waals surface area contributed by atoms with Crippen LogP contribution in [-0.2, 0) is 4.74 Å². The van der Waals surface area contributed by atoms with Crippen LogP contribution in [0.15, 0.2) is 0 Å². The largest absolute Gasteiger partial charge is 0.357 e. The van der Waals surface area contributed by atoms with E-state index in [0.29, 0.717) is 6.73 Å². The first kappa shape index (κ1) is 6.58. The lowest BCUT2D eigenvalue weighted by atomic mass is 9.93. The highest BCUT2D eigenvalue weighted by Gasteiger charge is 2.36. The summed E-state index contributed by atoms with van der Waals surface area (Å²) < 4.78 is 5.57. The van der Waals surface area contributed by atoms with Crippen molar-refractivity contribution in [2.24, 2.45) is 0 Å². The first-order valence-corrected chi connectivity index (χ1v) is 3.89. The fourth-order valence-corrected chi connectivity index (χ4v) is 1.66. The second-order valence-electron chi connectivity index (χ2n) is 3.09. The molecule has 0 aromatic rings. The van der Waals surface area contributed by atoms with Crippen LogP contribution in [0.2, 0.25) is 0 Å². The summed E-state index contributed by atoms with van der Waals surface area (Å²) in [4.78, 5) is 0. The highest BCUT2D eigenvalue weighted by molar-refractivity contribution is 4.90. The normalized spacial score (nSPS) is 31.2. The highest BCUT2D eigenvalue weighted by Crippen LogP contribution is 2.25. The van der Waals surface area contributed by atoms with Gasteiger partial charge in [-0.05, 0) is 25.9 Å². The molecule has 1 N–H and O–H groups in total. The Hall–Kier alpha value is -0.120. The molecule has 3 nitrogen and oxygen atoms in total. The number of hydrogen-bond acceptors (Lipinski definition) is 2. The van der Waals surface area contributed by atoms with Crippen LogP contribution >= 0.6 is 0 Å². The molecule has 1 spiro atoms. The summed E-state index contributed by atoms with van der Waals surface area (Å²) in [5.41, 5.74) is 0.144. The van der Waals surface area contributed by atoms with Gasteiger partial charge in [0.25, 0.3) is 0 Å². The molecule has 3 heteroatoms. The van der Waals surface area contributed by atoms with Crippen LogP contribution in [0.25, 0.3) is 0 Å². The standard InChI is InChI=1S/C7H13N2O/c1-3-8-4-2-7(1)5-9-6-10-7/h8H,1-6H2. The molecule has 10 heavy (non-hydrogen) atoms. The number of rotatable bonds is 0. The van der Waals surface area contributed by atoms with Crippen molar-refractivity contribution in [1.82, 2.24) is 10.6 Å². The molecule has 57 valence electrons. The third-order valence-electron chi connectivity index (χ3n) is 2.38. The Bertz CT molecular complexity index is 113. The lowest BCUT2D eigenvalue weighted by molar-refractivity contribution is -0.0121. The molecule has 1 radical (unpaired) electrons. The molecule has 0 amide bonds. The Morgan fingerprint density at radius 3 is 2.70 bits per heavy atom. The lowest BCUT2D eigenvalue weighted by Gasteiger charge is -2.31. The molecule has 2 aliphatic rings. The van der Waals surface area contributed by atoms with Gasteiger partial charge in [-0.2, -0.15) is 0 Å². The fraction of sp³-hybridized carbons (Fsp3) is 1.00. The fourth-order valence-electron chi connectivity index (χ4n) is 1.66. The summed E-state index contributed by atoms with van der Waals surface area (Å²) in [6.45, 7) is 3.74. The van der Waals surface area contributed by atoms with Gasteiger partial charge >= 0.3 is 0 Å². The van der Waals surface area contributed by atoms with Crippen molar-refractivity contribution < 1.29 is 4.74 Å². The smallest absolute Gasteiger partial charge is 0.113 e. The summed E-state index contributed by atoms with van der Waals surface area (Å²) in [6.07, 6.45) is 2.27. The average Bonchev–Trinajstić information content (AvgIpc) is 2.39. The van der Waals surface area contributed by atoms with E-state index in [1.807, 2.05) is 0 Å². The third-order valence-corrected chi connectivity index (χ3v) is 2.38. The zero-order valence-electron chi connectivity index (χ0n) is 6.10. The van der Waals surface area contributed by atoms with E-state index in [1.165, 1.54) is 0 Å². The molecule has 0 aliphatic carbocycles. The van der Waals surface area contributed by atoms with Crippen LogP contribution in [0.4, 0.5) is 0 Å². The molecular formula is C7H13N2O. The van der Waals surface area contributed by atoms with Gasteiger partial charge in [-0.3, -0.25) is 0 Å². The molecular weight excluding hydrogens is 128 g/mol. The maximum absolute atomic E-state index is 5.57. The summed E-state index contributed by atoms with van der Waals surface area (Å²) >= 11 is 0. The Labute approximate surface area is 61.1 Å². The Balaban J connectivity index is 1.98. The van der Waals surface area contributed by atoms with Crippen molar-refractivity contribution in [3.8, 4) is 0 Å². The molecule has 0 aromatic heterocycles. The average molecular weight is 141 g/mol. The van der Waals surface area contributed by atoms with E-state index in [-0.39, 0.29) is 5.60 Å². The maximum atomic E-state index is 5.57. The van der Waals surface area contributed by atoms with Gasteiger partial charge in [0.2, 0.25) is 0 Å². The second-order valence-corrected chi connectivity index (χ2v) is 3.09. The van der Waals surface area contributed by atoms with Crippen LogP contribution in [0, 0.1) is 0 Å². The monoisotopic (exact) mass is 141 g/mol. The van der Waals surface area contributed by atoms with E-state index in [4.69, 9.17) is 4.74 Å². The molecule has 0 saturated carbocycles. The summed E-state index contributed by atoms with van der Waals surface area (Å²) in [6, 6.07) is 0. The Morgan fingerprint density at radius 2 is 2.10 bits per heavy atom. The Kier molecular flexibility index (Phi) is 1.64. The van der Waals surface area contributed by atoms with Gasteiger partial charge in [-0.1, -0.05) is 0 Å². The summed E-state index contributed by atoms with van der Waals surface area (Å²) in [7, 11) is 0. The number of piperidine rings is 1. The van der Waals surface area contributed by atoms with Crippen LogP contribution in [-0.4, -0.2) is 32.0 Å². The zero-order chi connectivity index (χ0) is 6.86. The summed E-state index contributed by atoms with van der Waals surface area (Å²) in [5.74, 6) is 0.